The summed E-state index contributed by atoms with van der Waals surface area (Å²) < 4.78 is 11.6. The first-order chi connectivity index (χ1) is 15.7. The Bertz CT molecular complexity index is 1380. The van der Waals surface area contributed by atoms with Crippen molar-refractivity contribution in [3.8, 4) is 11.3 Å². The zero-order chi connectivity index (χ0) is 21.8. The number of nitrogens with one attached hydrogen (secondary N) is 1. The van der Waals surface area contributed by atoms with Gasteiger partial charge in [-0.1, -0.05) is 60.7 Å². The number of carbonyl (C=O) groups is 1. The number of fused-ring (bicyclic) bond motifs is 1. The van der Waals surface area contributed by atoms with Crippen LogP contribution in [0.5, 0.6) is 0 Å². The van der Waals surface area contributed by atoms with Gasteiger partial charge in [0.15, 0.2) is 11.5 Å². The third-order valence-electron chi connectivity index (χ3n) is 4.98. The summed E-state index contributed by atoms with van der Waals surface area (Å²) in [5.41, 5.74) is 4.16. The van der Waals surface area contributed by atoms with E-state index in [0.717, 1.165) is 16.9 Å². The SMILES string of the molecule is O=C(/C=C/c1ccc(-c2ccccc2)o1)Nc1ccc2oc(Cc3ccccc3)nc2c1. The number of nitrogens with zero attached hydrogens (tertiary/aromatic N) is 1. The molecular formula is C27H20N2O3. The minimum atomic E-state index is -0.255. The summed E-state index contributed by atoms with van der Waals surface area (Å²) in [7, 11) is 0. The average molecular weight is 420 g/mol. The summed E-state index contributed by atoms with van der Waals surface area (Å²) in [6, 6.07) is 29.0. The summed E-state index contributed by atoms with van der Waals surface area (Å²) >= 11 is 0. The Labute approximate surface area is 185 Å². The quantitative estimate of drug-likeness (QED) is 0.326. The van der Waals surface area contributed by atoms with Crippen molar-refractivity contribution in [2.75, 3.05) is 5.32 Å². The van der Waals surface area contributed by atoms with E-state index in [4.69, 9.17) is 8.83 Å². The molecule has 0 aliphatic carbocycles. The topological polar surface area (TPSA) is 68.3 Å². The highest BCUT2D eigenvalue weighted by Gasteiger charge is 2.09. The Morgan fingerprint density at radius 2 is 1.66 bits per heavy atom. The zero-order valence-corrected chi connectivity index (χ0v) is 17.2. The van der Waals surface area contributed by atoms with Crippen LogP contribution in [0, 0.1) is 0 Å². The van der Waals surface area contributed by atoms with Crippen LogP contribution in [0.3, 0.4) is 0 Å². The van der Waals surface area contributed by atoms with E-state index in [1.54, 1.807) is 18.2 Å². The number of hydrogen-bond acceptors (Lipinski definition) is 4. The van der Waals surface area contributed by atoms with Crippen LogP contribution in [0.25, 0.3) is 28.5 Å². The highest BCUT2D eigenvalue weighted by molar-refractivity contribution is 6.02. The lowest BCUT2D eigenvalue weighted by molar-refractivity contribution is -0.111. The van der Waals surface area contributed by atoms with Gasteiger partial charge in [-0.25, -0.2) is 4.98 Å². The molecule has 1 amide bonds. The number of oxazole rings is 1. The van der Waals surface area contributed by atoms with Crippen LogP contribution in [0.15, 0.2) is 106 Å². The van der Waals surface area contributed by atoms with E-state index in [-0.39, 0.29) is 5.91 Å². The summed E-state index contributed by atoms with van der Waals surface area (Å²) in [5, 5.41) is 2.85. The number of amides is 1. The van der Waals surface area contributed by atoms with Gasteiger partial charge in [0.05, 0.1) is 0 Å². The Morgan fingerprint density at radius 1 is 0.875 bits per heavy atom. The van der Waals surface area contributed by atoms with E-state index < -0.39 is 0 Å². The molecule has 156 valence electrons. The summed E-state index contributed by atoms with van der Waals surface area (Å²) in [6.45, 7) is 0. The number of furan rings is 1. The molecule has 0 spiro atoms. The molecule has 1 N–H and O–H groups in total. The highest BCUT2D eigenvalue weighted by Crippen LogP contribution is 2.23. The van der Waals surface area contributed by atoms with E-state index in [0.29, 0.717) is 34.9 Å². The van der Waals surface area contributed by atoms with E-state index in [9.17, 15) is 4.79 Å². The van der Waals surface area contributed by atoms with Gasteiger partial charge in [0, 0.05) is 23.7 Å². The van der Waals surface area contributed by atoms with Gasteiger partial charge >= 0.3 is 0 Å². The third-order valence-corrected chi connectivity index (χ3v) is 4.98. The molecule has 5 heteroatoms. The van der Waals surface area contributed by atoms with Gasteiger partial charge in [0.1, 0.15) is 17.0 Å². The van der Waals surface area contributed by atoms with E-state index >= 15 is 0 Å². The highest BCUT2D eigenvalue weighted by atomic mass is 16.3. The van der Waals surface area contributed by atoms with E-state index in [1.165, 1.54) is 6.08 Å². The van der Waals surface area contributed by atoms with Gasteiger partial charge in [0.25, 0.3) is 0 Å². The molecule has 0 atom stereocenters. The van der Waals surface area contributed by atoms with Crippen molar-refractivity contribution in [1.29, 1.82) is 0 Å². The van der Waals surface area contributed by atoms with Gasteiger partial charge in [-0.3, -0.25) is 4.79 Å². The molecule has 5 rings (SSSR count). The first kappa shape index (κ1) is 19.6. The number of benzene rings is 3. The molecule has 3 aromatic carbocycles. The number of carbonyl (C=O) groups excluding carboxylic acids is 1. The van der Waals surface area contributed by atoms with Crippen molar-refractivity contribution in [2.45, 2.75) is 6.42 Å². The van der Waals surface area contributed by atoms with Crippen molar-refractivity contribution in [2.24, 2.45) is 0 Å². The second kappa shape index (κ2) is 8.78. The molecule has 0 fully saturated rings. The second-order valence-electron chi connectivity index (χ2n) is 7.34. The fourth-order valence-electron chi connectivity index (χ4n) is 3.44. The maximum absolute atomic E-state index is 12.4. The lowest BCUT2D eigenvalue weighted by atomic mass is 10.1. The van der Waals surface area contributed by atoms with Crippen LogP contribution >= 0.6 is 0 Å². The van der Waals surface area contributed by atoms with Crippen molar-refractivity contribution in [1.82, 2.24) is 4.98 Å². The normalized spacial score (nSPS) is 11.2. The molecule has 32 heavy (non-hydrogen) atoms. The largest absolute Gasteiger partial charge is 0.457 e. The van der Waals surface area contributed by atoms with Crippen molar-refractivity contribution in [3.63, 3.8) is 0 Å². The van der Waals surface area contributed by atoms with Crippen LogP contribution in [0.2, 0.25) is 0 Å². The minimum Gasteiger partial charge on any atom is -0.457 e. The summed E-state index contributed by atoms with van der Waals surface area (Å²) in [5.74, 6) is 1.75. The second-order valence-corrected chi connectivity index (χ2v) is 7.34. The van der Waals surface area contributed by atoms with Crippen molar-refractivity contribution < 1.29 is 13.6 Å². The molecule has 0 bridgehead atoms. The minimum absolute atomic E-state index is 0.255. The number of anilines is 1. The molecule has 0 aliphatic heterocycles. The van der Waals surface area contributed by atoms with Crippen LogP contribution in [0.4, 0.5) is 5.69 Å². The van der Waals surface area contributed by atoms with Crippen molar-refractivity contribution >= 4 is 28.8 Å². The monoisotopic (exact) mass is 420 g/mol. The van der Waals surface area contributed by atoms with E-state index in [1.807, 2.05) is 78.9 Å². The Kier molecular flexibility index (Phi) is 5.37. The Hall–Kier alpha value is -4.38. The summed E-state index contributed by atoms with van der Waals surface area (Å²) in [4.78, 5) is 16.9. The molecule has 2 aromatic heterocycles. The van der Waals surface area contributed by atoms with Crippen LogP contribution in [0.1, 0.15) is 17.2 Å². The lowest BCUT2D eigenvalue weighted by Gasteiger charge is -2.00. The smallest absolute Gasteiger partial charge is 0.248 e. The molecule has 0 aliphatic rings. The van der Waals surface area contributed by atoms with Gasteiger partial charge in [-0.15, -0.1) is 0 Å². The standard InChI is InChI=1S/C27H20N2O3/c30-26(16-13-22-12-15-24(31-22)20-9-5-2-6-10-20)28-21-11-14-25-23(18-21)29-27(32-25)17-19-7-3-1-4-8-19/h1-16,18H,17H2,(H,28,30)/b16-13+. The number of rotatable bonds is 6. The average Bonchev–Trinajstić information content (AvgIpc) is 3.45. The first-order valence-corrected chi connectivity index (χ1v) is 10.3. The predicted octanol–water partition coefficient (Wildman–Crippen LogP) is 6.33. The molecule has 5 aromatic rings. The van der Waals surface area contributed by atoms with Crippen LogP contribution in [-0.2, 0) is 11.2 Å². The molecular weight excluding hydrogens is 400 g/mol. The fourth-order valence-corrected chi connectivity index (χ4v) is 3.44. The van der Waals surface area contributed by atoms with Crippen LogP contribution < -0.4 is 5.32 Å². The summed E-state index contributed by atoms with van der Waals surface area (Å²) in [6.07, 6.45) is 3.71. The molecule has 0 radical (unpaired) electrons. The van der Waals surface area contributed by atoms with Crippen molar-refractivity contribution in [3.05, 3.63) is 114 Å². The Morgan fingerprint density at radius 3 is 2.47 bits per heavy atom. The molecule has 0 saturated carbocycles. The maximum Gasteiger partial charge on any atom is 0.248 e. The van der Waals surface area contributed by atoms with Gasteiger partial charge in [0.2, 0.25) is 5.91 Å². The fraction of sp³-hybridized carbons (Fsp3) is 0.0370. The molecule has 2 heterocycles. The molecule has 0 unspecified atom stereocenters. The maximum atomic E-state index is 12.4. The lowest BCUT2D eigenvalue weighted by Crippen LogP contribution is -2.07. The number of hydrogen-bond donors (Lipinski definition) is 1. The van der Waals surface area contributed by atoms with Gasteiger partial charge in [-0.2, -0.15) is 0 Å². The molecule has 0 saturated heterocycles. The first-order valence-electron chi connectivity index (χ1n) is 10.3. The van der Waals surface area contributed by atoms with Gasteiger partial charge in [-0.05, 0) is 42.0 Å². The third kappa shape index (κ3) is 4.52. The predicted molar refractivity (Wildman–Crippen MR) is 125 cm³/mol. The molecule has 5 nitrogen and oxygen atoms in total. The number of aromatic nitrogens is 1. The van der Waals surface area contributed by atoms with Gasteiger partial charge < -0.3 is 14.2 Å². The van der Waals surface area contributed by atoms with E-state index in [2.05, 4.69) is 10.3 Å². The Balaban J connectivity index is 1.25. The zero-order valence-electron chi connectivity index (χ0n) is 17.2. The van der Waals surface area contributed by atoms with Crippen LogP contribution in [-0.4, -0.2) is 10.9 Å².